The monoisotopic (exact) mass is 270 g/mol. The highest BCUT2D eigenvalue weighted by atomic mass is 15.1. The van der Waals surface area contributed by atoms with Crippen LogP contribution in [0.2, 0.25) is 0 Å². The van der Waals surface area contributed by atoms with E-state index in [1.165, 1.54) is 42.7 Å². The smallest absolute Gasteiger partial charge is 0.0348 e. The van der Waals surface area contributed by atoms with E-state index in [0.717, 1.165) is 11.8 Å². The molecule has 1 aromatic rings. The quantitative estimate of drug-likeness (QED) is 0.882. The Morgan fingerprint density at radius 3 is 2.95 bits per heavy atom. The van der Waals surface area contributed by atoms with Crippen molar-refractivity contribution < 1.29 is 0 Å². The van der Waals surface area contributed by atoms with Gasteiger partial charge in [0, 0.05) is 18.3 Å². The van der Waals surface area contributed by atoms with Gasteiger partial charge < -0.3 is 10.2 Å². The fourth-order valence-electron chi connectivity index (χ4n) is 3.57. The van der Waals surface area contributed by atoms with Crippen LogP contribution in [0, 0.1) is 11.8 Å². The molecule has 0 spiro atoms. The lowest BCUT2D eigenvalue weighted by atomic mass is 9.83. The molecule has 0 aromatic heterocycles. The van der Waals surface area contributed by atoms with Crippen molar-refractivity contribution >= 4 is 11.8 Å². The molecule has 2 nitrogen and oxygen atoms in total. The van der Waals surface area contributed by atoms with Crippen LogP contribution in [-0.4, -0.2) is 31.1 Å². The minimum atomic E-state index is 0.485. The highest BCUT2D eigenvalue weighted by Crippen LogP contribution is 2.33. The summed E-state index contributed by atoms with van der Waals surface area (Å²) in [6.45, 7) is 6.85. The first-order chi connectivity index (χ1) is 9.61. The van der Waals surface area contributed by atoms with E-state index < -0.39 is 0 Å². The Labute approximate surface area is 122 Å². The van der Waals surface area contributed by atoms with Gasteiger partial charge in [0.25, 0.3) is 0 Å². The van der Waals surface area contributed by atoms with Gasteiger partial charge in [-0.2, -0.15) is 0 Å². The number of anilines is 1. The summed E-state index contributed by atoms with van der Waals surface area (Å²) < 4.78 is 0. The lowest BCUT2D eigenvalue weighted by Gasteiger charge is -2.34. The Kier molecular flexibility index (Phi) is 3.84. The van der Waals surface area contributed by atoms with Crippen LogP contribution in [0.25, 0.3) is 6.08 Å². The molecule has 2 heteroatoms. The summed E-state index contributed by atoms with van der Waals surface area (Å²) in [6, 6.07) is 7.35. The predicted octanol–water partition coefficient (Wildman–Crippen LogP) is 3.64. The molecular formula is C18H26N2. The van der Waals surface area contributed by atoms with Gasteiger partial charge in [0.2, 0.25) is 0 Å². The maximum absolute atomic E-state index is 3.50. The van der Waals surface area contributed by atoms with Crippen LogP contribution in [-0.2, 0) is 6.42 Å². The van der Waals surface area contributed by atoms with Gasteiger partial charge in [0.05, 0.1) is 0 Å². The average Bonchev–Trinajstić information content (AvgIpc) is 2.56. The minimum Gasteiger partial charge on any atom is -0.383 e. The summed E-state index contributed by atoms with van der Waals surface area (Å²) in [5.74, 6) is 1.55. The van der Waals surface area contributed by atoms with E-state index in [4.69, 9.17) is 0 Å². The van der Waals surface area contributed by atoms with Crippen molar-refractivity contribution in [1.29, 1.82) is 0 Å². The number of fused-ring (bicyclic) bond motifs is 2. The zero-order valence-electron chi connectivity index (χ0n) is 12.9. The number of nitrogens with one attached hydrogen (secondary N) is 1. The Morgan fingerprint density at radius 1 is 1.30 bits per heavy atom. The molecule has 108 valence electrons. The number of hydrogen-bond donors (Lipinski definition) is 1. The molecule has 2 aliphatic rings. The Morgan fingerprint density at radius 2 is 2.15 bits per heavy atom. The van der Waals surface area contributed by atoms with Gasteiger partial charge in [0.15, 0.2) is 0 Å². The molecule has 1 fully saturated rings. The molecule has 0 unspecified atom stereocenters. The molecule has 0 saturated carbocycles. The van der Waals surface area contributed by atoms with Crippen molar-refractivity contribution in [2.24, 2.45) is 11.8 Å². The summed E-state index contributed by atoms with van der Waals surface area (Å²) in [5.41, 5.74) is 4.16. The Hall–Kier alpha value is -1.28. The van der Waals surface area contributed by atoms with Crippen molar-refractivity contribution in [1.82, 2.24) is 4.90 Å². The molecule has 0 amide bonds. The van der Waals surface area contributed by atoms with Gasteiger partial charge in [0.1, 0.15) is 0 Å². The first-order valence-electron chi connectivity index (χ1n) is 7.88. The van der Waals surface area contributed by atoms with Gasteiger partial charge in [-0.25, -0.2) is 0 Å². The molecule has 1 saturated heterocycles. The number of likely N-dealkylation sites (tertiary alicyclic amines) is 1. The molecule has 3 rings (SSSR count). The second-order valence-electron chi connectivity index (χ2n) is 6.75. The highest BCUT2D eigenvalue weighted by Gasteiger charge is 2.28. The number of piperidine rings is 1. The topological polar surface area (TPSA) is 15.3 Å². The normalized spacial score (nSPS) is 26.0. The largest absolute Gasteiger partial charge is 0.383 e. The molecule has 1 N–H and O–H groups in total. The third-order valence-corrected chi connectivity index (χ3v) is 4.60. The maximum atomic E-state index is 3.50. The van der Waals surface area contributed by atoms with Crippen LogP contribution in [0.4, 0.5) is 5.69 Å². The SMILES string of the molecule is CC(C)Nc1ccc2c(c1)C=C[C@H]1CCN(C)C[C@@H]1C2. The van der Waals surface area contributed by atoms with Gasteiger partial charge in [-0.05, 0) is 75.4 Å². The number of nitrogens with zero attached hydrogens (tertiary/aromatic N) is 1. The van der Waals surface area contributed by atoms with Crippen molar-refractivity contribution in [2.75, 3.05) is 25.5 Å². The first-order valence-corrected chi connectivity index (χ1v) is 7.88. The zero-order chi connectivity index (χ0) is 14.1. The van der Waals surface area contributed by atoms with Crippen LogP contribution < -0.4 is 5.32 Å². The molecule has 1 heterocycles. The van der Waals surface area contributed by atoms with Crippen LogP contribution >= 0.6 is 0 Å². The summed E-state index contributed by atoms with van der Waals surface area (Å²) >= 11 is 0. The highest BCUT2D eigenvalue weighted by molar-refractivity contribution is 5.62. The second-order valence-corrected chi connectivity index (χ2v) is 6.75. The van der Waals surface area contributed by atoms with Crippen LogP contribution in [0.3, 0.4) is 0 Å². The second kappa shape index (κ2) is 5.61. The van der Waals surface area contributed by atoms with Crippen molar-refractivity contribution in [3.05, 3.63) is 35.4 Å². The average molecular weight is 270 g/mol. The number of rotatable bonds is 2. The summed E-state index contributed by atoms with van der Waals surface area (Å²) in [5, 5.41) is 3.50. The summed E-state index contributed by atoms with van der Waals surface area (Å²) in [4.78, 5) is 2.48. The molecular weight excluding hydrogens is 244 g/mol. The van der Waals surface area contributed by atoms with E-state index >= 15 is 0 Å². The molecule has 0 radical (unpaired) electrons. The third-order valence-electron chi connectivity index (χ3n) is 4.60. The minimum absolute atomic E-state index is 0.485. The first kappa shape index (κ1) is 13.7. The predicted molar refractivity (Wildman–Crippen MR) is 87.0 cm³/mol. The van der Waals surface area contributed by atoms with Gasteiger partial charge in [-0.15, -0.1) is 0 Å². The van der Waals surface area contributed by atoms with Crippen molar-refractivity contribution in [2.45, 2.75) is 32.7 Å². The molecule has 0 bridgehead atoms. The molecule has 1 aliphatic heterocycles. The van der Waals surface area contributed by atoms with E-state index in [2.05, 4.69) is 61.5 Å². The standard InChI is InChI=1S/C18H26N2/c1-13(2)19-18-7-6-15-10-17-12-20(3)9-8-14(17)4-5-16(15)11-18/h4-7,11,13-14,17,19H,8-10,12H2,1-3H3/t14-,17-/m0/s1. The lowest BCUT2D eigenvalue weighted by molar-refractivity contribution is 0.170. The molecule has 20 heavy (non-hydrogen) atoms. The van der Waals surface area contributed by atoms with E-state index in [1.807, 2.05) is 0 Å². The van der Waals surface area contributed by atoms with E-state index in [-0.39, 0.29) is 0 Å². The van der Waals surface area contributed by atoms with Gasteiger partial charge in [-0.3, -0.25) is 0 Å². The fourth-order valence-corrected chi connectivity index (χ4v) is 3.57. The lowest BCUT2D eigenvalue weighted by Crippen LogP contribution is -2.38. The summed E-state index contributed by atoms with van der Waals surface area (Å²) in [6.07, 6.45) is 7.35. The van der Waals surface area contributed by atoms with Crippen LogP contribution in [0.5, 0.6) is 0 Å². The maximum Gasteiger partial charge on any atom is 0.0348 e. The van der Waals surface area contributed by atoms with E-state index in [9.17, 15) is 0 Å². The fraction of sp³-hybridized carbons (Fsp3) is 0.556. The number of hydrogen-bond acceptors (Lipinski definition) is 2. The van der Waals surface area contributed by atoms with Crippen molar-refractivity contribution in [3.63, 3.8) is 0 Å². The van der Waals surface area contributed by atoms with Crippen LogP contribution in [0.15, 0.2) is 24.3 Å². The van der Waals surface area contributed by atoms with Crippen molar-refractivity contribution in [3.8, 4) is 0 Å². The van der Waals surface area contributed by atoms with Crippen LogP contribution in [0.1, 0.15) is 31.4 Å². The van der Waals surface area contributed by atoms with Gasteiger partial charge in [-0.1, -0.05) is 18.2 Å². The number of benzene rings is 1. The molecule has 2 atom stereocenters. The molecule has 1 aliphatic carbocycles. The summed E-state index contributed by atoms with van der Waals surface area (Å²) in [7, 11) is 2.25. The Balaban J connectivity index is 1.85. The van der Waals surface area contributed by atoms with Gasteiger partial charge >= 0.3 is 0 Å². The number of allylic oxidation sites excluding steroid dienone is 1. The van der Waals surface area contributed by atoms with E-state index in [0.29, 0.717) is 6.04 Å². The zero-order valence-corrected chi connectivity index (χ0v) is 12.9. The third kappa shape index (κ3) is 2.90. The Bertz CT molecular complexity index is 504. The molecule has 1 aromatic carbocycles. The van der Waals surface area contributed by atoms with E-state index in [1.54, 1.807) is 0 Å².